The fourth-order valence-corrected chi connectivity index (χ4v) is 3.70. The van der Waals surface area contributed by atoms with Crippen LogP contribution in [0.25, 0.3) is 0 Å². The van der Waals surface area contributed by atoms with Crippen LogP contribution < -0.4 is 5.32 Å². The SMILES string of the molecule is O=C(NCC1CCN([C@@H]2CCOC2)CC1)c1cccc(Br)c1. The zero-order valence-corrected chi connectivity index (χ0v) is 14.3. The van der Waals surface area contributed by atoms with Gasteiger partial charge in [0, 0.05) is 29.2 Å². The van der Waals surface area contributed by atoms with Crippen molar-refractivity contribution in [1.82, 2.24) is 10.2 Å². The largest absolute Gasteiger partial charge is 0.380 e. The zero-order valence-electron chi connectivity index (χ0n) is 12.8. The molecular weight excluding hydrogens is 344 g/mol. The Bertz CT molecular complexity index is 509. The van der Waals surface area contributed by atoms with Gasteiger partial charge in [0.1, 0.15) is 0 Å². The maximum atomic E-state index is 12.2. The second-order valence-corrected chi connectivity index (χ2v) is 7.13. The Hall–Kier alpha value is -0.910. The molecule has 0 spiro atoms. The van der Waals surface area contributed by atoms with Crippen molar-refractivity contribution in [3.05, 3.63) is 34.3 Å². The molecule has 0 bridgehead atoms. The van der Waals surface area contributed by atoms with Gasteiger partial charge in [0.05, 0.1) is 6.61 Å². The molecule has 22 heavy (non-hydrogen) atoms. The maximum absolute atomic E-state index is 12.2. The highest BCUT2D eigenvalue weighted by Gasteiger charge is 2.27. The predicted octanol–water partition coefficient (Wildman–Crippen LogP) is 2.68. The lowest BCUT2D eigenvalue weighted by atomic mass is 9.95. The summed E-state index contributed by atoms with van der Waals surface area (Å²) in [7, 11) is 0. The van der Waals surface area contributed by atoms with Gasteiger partial charge >= 0.3 is 0 Å². The van der Waals surface area contributed by atoms with Crippen LogP contribution in [-0.2, 0) is 4.74 Å². The lowest BCUT2D eigenvalue weighted by Crippen LogP contribution is -2.43. The smallest absolute Gasteiger partial charge is 0.251 e. The Labute approximate surface area is 140 Å². The summed E-state index contributed by atoms with van der Waals surface area (Å²) in [5.41, 5.74) is 0.718. The third-order valence-electron chi connectivity index (χ3n) is 4.71. The number of nitrogens with one attached hydrogen (secondary N) is 1. The number of rotatable bonds is 4. The molecule has 120 valence electrons. The number of benzene rings is 1. The number of carbonyl (C=O) groups excluding carboxylic acids is 1. The van der Waals surface area contributed by atoms with Crippen LogP contribution >= 0.6 is 15.9 Å². The summed E-state index contributed by atoms with van der Waals surface area (Å²) in [6.45, 7) is 4.84. The topological polar surface area (TPSA) is 41.6 Å². The normalized spacial score (nSPS) is 23.6. The van der Waals surface area contributed by atoms with Crippen LogP contribution in [0.5, 0.6) is 0 Å². The molecule has 0 radical (unpaired) electrons. The van der Waals surface area contributed by atoms with E-state index in [1.54, 1.807) is 0 Å². The Morgan fingerprint density at radius 2 is 2.14 bits per heavy atom. The number of hydrogen-bond acceptors (Lipinski definition) is 3. The molecule has 2 fully saturated rings. The summed E-state index contributed by atoms with van der Waals surface area (Å²) in [5, 5.41) is 3.08. The number of carbonyl (C=O) groups is 1. The first-order chi connectivity index (χ1) is 10.7. The van der Waals surface area contributed by atoms with Crippen LogP contribution in [-0.4, -0.2) is 49.7 Å². The summed E-state index contributed by atoms with van der Waals surface area (Å²) in [6, 6.07) is 8.15. The number of amides is 1. The van der Waals surface area contributed by atoms with E-state index in [-0.39, 0.29) is 5.91 Å². The highest BCUT2D eigenvalue weighted by molar-refractivity contribution is 9.10. The molecule has 5 heteroatoms. The number of hydrogen-bond donors (Lipinski definition) is 1. The van der Waals surface area contributed by atoms with Crippen LogP contribution in [0, 0.1) is 5.92 Å². The number of nitrogens with zero attached hydrogens (tertiary/aromatic N) is 1. The summed E-state index contributed by atoms with van der Waals surface area (Å²) >= 11 is 3.40. The van der Waals surface area contributed by atoms with E-state index < -0.39 is 0 Å². The van der Waals surface area contributed by atoms with Gasteiger partial charge in [-0.15, -0.1) is 0 Å². The minimum absolute atomic E-state index is 0.0212. The molecule has 1 N–H and O–H groups in total. The van der Waals surface area contributed by atoms with E-state index in [0.717, 1.165) is 55.7 Å². The highest BCUT2D eigenvalue weighted by atomic mass is 79.9. The van der Waals surface area contributed by atoms with Crippen molar-refractivity contribution in [3.63, 3.8) is 0 Å². The fourth-order valence-electron chi connectivity index (χ4n) is 3.30. The van der Waals surface area contributed by atoms with E-state index in [1.165, 1.54) is 6.42 Å². The number of halogens is 1. The predicted molar refractivity (Wildman–Crippen MR) is 90.0 cm³/mol. The van der Waals surface area contributed by atoms with Gasteiger partial charge in [-0.05, 0) is 56.5 Å². The van der Waals surface area contributed by atoms with Gasteiger partial charge in [0.15, 0.2) is 0 Å². The standard InChI is InChI=1S/C17H23BrN2O2/c18-15-3-1-2-14(10-15)17(21)19-11-13-4-7-20(8-5-13)16-6-9-22-12-16/h1-3,10,13,16H,4-9,11-12H2,(H,19,21)/t16-/m1/s1. The molecule has 2 heterocycles. The second-order valence-electron chi connectivity index (χ2n) is 6.22. The number of ether oxygens (including phenoxy) is 1. The van der Waals surface area contributed by atoms with Crippen LogP contribution in [0.15, 0.2) is 28.7 Å². The molecule has 0 aliphatic carbocycles. The number of likely N-dealkylation sites (tertiary alicyclic amines) is 1. The summed E-state index contributed by atoms with van der Waals surface area (Å²) < 4.78 is 6.41. The van der Waals surface area contributed by atoms with E-state index in [4.69, 9.17) is 4.74 Å². The first kappa shape index (κ1) is 16.0. The van der Waals surface area contributed by atoms with Crippen molar-refractivity contribution in [2.24, 2.45) is 5.92 Å². The second kappa shape index (κ2) is 7.57. The van der Waals surface area contributed by atoms with Gasteiger partial charge in [-0.25, -0.2) is 0 Å². The molecule has 0 saturated carbocycles. The third kappa shape index (κ3) is 4.09. The van der Waals surface area contributed by atoms with Gasteiger partial charge < -0.3 is 10.1 Å². The monoisotopic (exact) mass is 366 g/mol. The lowest BCUT2D eigenvalue weighted by Gasteiger charge is -2.35. The number of piperidine rings is 1. The summed E-state index contributed by atoms with van der Waals surface area (Å²) in [4.78, 5) is 14.7. The van der Waals surface area contributed by atoms with Crippen molar-refractivity contribution in [3.8, 4) is 0 Å². The maximum Gasteiger partial charge on any atom is 0.251 e. The minimum Gasteiger partial charge on any atom is -0.380 e. The fraction of sp³-hybridized carbons (Fsp3) is 0.588. The Morgan fingerprint density at radius 1 is 1.32 bits per heavy atom. The van der Waals surface area contributed by atoms with Crippen LogP contribution in [0.4, 0.5) is 0 Å². The quantitative estimate of drug-likeness (QED) is 0.890. The van der Waals surface area contributed by atoms with Crippen molar-refractivity contribution < 1.29 is 9.53 Å². The van der Waals surface area contributed by atoms with Crippen LogP contribution in [0.1, 0.15) is 29.6 Å². The van der Waals surface area contributed by atoms with Crippen molar-refractivity contribution >= 4 is 21.8 Å². The molecule has 0 aromatic heterocycles. The molecule has 1 aromatic carbocycles. The average molecular weight is 367 g/mol. The van der Waals surface area contributed by atoms with E-state index in [2.05, 4.69) is 26.1 Å². The van der Waals surface area contributed by atoms with Gasteiger partial charge in [-0.2, -0.15) is 0 Å². The van der Waals surface area contributed by atoms with Gasteiger partial charge in [-0.3, -0.25) is 9.69 Å². The molecule has 1 aromatic rings. The first-order valence-electron chi connectivity index (χ1n) is 8.08. The van der Waals surface area contributed by atoms with E-state index in [1.807, 2.05) is 24.3 Å². The van der Waals surface area contributed by atoms with Crippen LogP contribution in [0.3, 0.4) is 0 Å². The van der Waals surface area contributed by atoms with Gasteiger partial charge in [0.2, 0.25) is 0 Å². The third-order valence-corrected chi connectivity index (χ3v) is 5.20. The summed E-state index contributed by atoms with van der Waals surface area (Å²) in [6.07, 6.45) is 3.49. The molecule has 4 nitrogen and oxygen atoms in total. The Morgan fingerprint density at radius 3 is 2.82 bits per heavy atom. The molecule has 1 amide bonds. The molecule has 2 aliphatic rings. The molecular formula is C17H23BrN2O2. The molecule has 0 unspecified atom stereocenters. The zero-order chi connectivity index (χ0) is 15.4. The van der Waals surface area contributed by atoms with Gasteiger partial charge in [-0.1, -0.05) is 22.0 Å². The first-order valence-corrected chi connectivity index (χ1v) is 8.87. The van der Waals surface area contributed by atoms with Crippen molar-refractivity contribution in [2.75, 3.05) is 32.8 Å². The molecule has 2 saturated heterocycles. The van der Waals surface area contributed by atoms with E-state index in [9.17, 15) is 4.79 Å². The average Bonchev–Trinajstić information content (AvgIpc) is 3.07. The lowest BCUT2D eigenvalue weighted by molar-refractivity contribution is 0.0911. The highest BCUT2D eigenvalue weighted by Crippen LogP contribution is 2.22. The molecule has 2 aliphatic heterocycles. The Balaban J connectivity index is 1.42. The van der Waals surface area contributed by atoms with E-state index >= 15 is 0 Å². The molecule has 1 atom stereocenters. The van der Waals surface area contributed by atoms with Crippen molar-refractivity contribution in [2.45, 2.75) is 25.3 Å². The van der Waals surface area contributed by atoms with E-state index in [0.29, 0.717) is 12.0 Å². The summed E-state index contributed by atoms with van der Waals surface area (Å²) in [5.74, 6) is 0.614. The minimum atomic E-state index is 0.0212. The van der Waals surface area contributed by atoms with Crippen molar-refractivity contribution in [1.29, 1.82) is 0 Å². The Kier molecular flexibility index (Phi) is 5.50. The van der Waals surface area contributed by atoms with Gasteiger partial charge in [0.25, 0.3) is 5.91 Å². The molecule has 3 rings (SSSR count). The van der Waals surface area contributed by atoms with Crippen LogP contribution in [0.2, 0.25) is 0 Å².